The zero-order valence-corrected chi connectivity index (χ0v) is 16.6. The van der Waals surface area contributed by atoms with E-state index in [0.717, 1.165) is 17.6 Å². The van der Waals surface area contributed by atoms with Gasteiger partial charge >= 0.3 is 19.4 Å². The SMILES string of the molecule is C[C@H]1[C@H](n2ccc(=O)[nH]c2=O)O[C@@](COP(=O)(O)N[C@@H](C)C(=O)O)(N=[N+]=[N-])[C@H]1C. The number of hydrogen-bond acceptors (Lipinski definition) is 7. The molecule has 6 atom stereocenters. The van der Waals surface area contributed by atoms with Crippen LogP contribution in [0.25, 0.3) is 10.4 Å². The van der Waals surface area contributed by atoms with Crippen molar-refractivity contribution in [2.45, 2.75) is 38.8 Å². The summed E-state index contributed by atoms with van der Waals surface area (Å²) in [4.78, 5) is 48.9. The maximum atomic E-state index is 12.1. The van der Waals surface area contributed by atoms with Gasteiger partial charge in [-0.3, -0.25) is 23.7 Å². The van der Waals surface area contributed by atoms with E-state index >= 15 is 0 Å². The molecule has 1 aliphatic rings. The zero-order valence-electron chi connectivity index (χ0n) is 15.8. The summed E-state index contributed by atoms with van der Waals surface area (Å²) in [5, 5.41) is 14.4. The van der Waals surface area contributed by atoms with Gasteiger partial charge in [-0.15, -0.1) is 0 Å². The predicted molar refractivity (Wildman–Crippen MR) is 97.7 cm³/mol. The summed E-state index contributed by atoms with van der Waals surface area (Å²) in [5.74, 6) is -2.39. The number of aliphatic carboxylic acids is 1. The van der Waals surface area contributed by atoms with Gasteiger partial charge in [-0.2, -0.15) is 0 Å². The number of aromatic nitrogens is 2. The normalized spacial score (nSPS) is 29.6. The first-order valence-electron chi connectivity index (χ1n) is 8.46. The van der Waals surface area contributed by atoms with Gasteiger partial charge in [-0.25, -0.2) is 14.4 Å². The molecule has 0 aliphatic carbocycles. The Hall–Kier alpha value is -2.47. The Balaban J connectivity index is 2.30. The van der Waals surface area contributed by atoms with Crippen LogP contribution in [0.4, 0.5) is 0 Å². The fourth-order valence-electron chi connectivity index (χ4n) is 2.92. The fraction of sp³-hybridized carbons (Fsp3) is 0.643. The third-order valence-corrected chi connectivity index (χ3v) is 5.98. The molecule has 0 radical (unpaired) electrons. The van der Waals surface area contributed by atoms with Crippen LogP contribution >= 0.6 is 7.75 Å². The number of aromatic amines is 1. The molecule has 0 bridgehead atoms. The summed E-state index contributed by atoms with van der Waals surface area (Å²) in [6.07, 6.45) is 0.252. The molecule has 1 unspecified atom stereocenters. The highest BCUT2D eigenvalue weighted by Gasteiger charge is 2.53. The van der Waals surface area contributed by atoms with E-state index in [0.29, 0.717) is 0 Å². The molecule has 0 saturated carbocycles. The molecular weight excluding hydrogens is 411 g/mol. The number of carbonyl (C=O) groups is 1. The van der Waals surface area contributed by atoms with E-state index in [9.17, 15) is 23.8 Å². The van der Waals surface area contributed by atoms with Crippen LogP contribution in [0.5, 0.6) is 0 Å². The first-order chi connectivity index (χ1) is 13.4. The summed E-state index contributed by atoms with van der Waals surface area (Å²) in [6.45, 7) is 3.79. The molecule has 0 spiro atoms. The smallest absolute Gasteiger partial charge is 0.403 e. The van der Waals surface area contributed by atoms with Crippen molar-refractivity contribution in [1.29, 1.82) is 0 Å². The quantitative estimate of drug-likeness (QED) is 0.195. The van der Waals surface area contributed by atoms with Gasteiger partial charge in [0.05, 0.1) is 6.61 Å². The lowest BCUT2D eigenvalue weighted by atomic mass is 9.89. The van der Waals surface area contributed by atoms with Crippen LogP contribution < -0.4 is 16.3 Å². The number of carboxylic acids is 1. The van der Waals surface area contributed by atoms with Gasteiger partial charge < -0.3 is 14.7 Å². The van der Waals surface area contributed by atoms with E-state index in [1.54, 1.807) is 13.8 Å². The van der Waals surface area contributed by atoms with Gasteiger partial charge in [-0.05, 0) is 12.5 Å². The summed E-state index contributed by atoms with van der Waals surface area (Å²) >= 11 is 0. The molecule has 2 heterocycles. The van der Waals surface area contributed by atoms with E-state index in [-0.39, 0.29) is 0 Å². The lowest BCUT2D eigenvalue weighted by Crippen LogP contribution is -2.39. The van der Waals surface area contributed by atoms with Crippen molar-refractivity contribution in [3.63, 3.8) is 0 Å². The van der Waals surface area contributed by atoms with Gasteiger partial charge in [0, 0.05) is 29.0 Å². The van der Waals surface area contributed by atoms with E-state index in [2.05, 4.69) is 15.0 Å². The Morgan fingerprint density at radius 3 is 2.79 bits per heavy atom. The second-order valence-corrected chi connectivity index (χ2v) is 8.25. The molecule has 1 fully saturated rings. The summed E-state index contributed by atoms with van der Waals surface area (Å²) < 4.78 is 24.0. The Bertz CT molecular complexity index is 987. The summed E-state index contributed by atoms with van der Waals surface area (Å²) in [6, 6.07) is -0.264. The first-order valence-corrected chi connectivity index (χ1v) is 10.0. The molecular formula is C14H21N6O8P. The van der Waals surface area contributed by atoms with Crippen LogP contribution in [0.1, 0.15) is 27.0 Å². The van der Waals surface area contributed by atoms with E-state index in [1.807, 2.05) is 5.09 Å². The summed E-state index contributed by atoms with van der Waals surface area (Å²) in [7, 11) is -4.59. The second-order valence-electron chi connectivity index (χ2n) is 6.69. The minimum atomic E-state index is -4.59. The fourth-order valence-corrected chi connectivity index (χ4v) is 3.96. The third kappa shape index (κ3) is 4.93. The molecule has 1 aromatic rings. The average Bonchev–Trinajstić information content (AvgIpc) is 2.86. The van der Waals surface area contributed by atoms with E-state index in [1.165, 1.54) is 6.20 Å². The molecule has 0 amide bonds. The van der Waals surface area contributed by atoms with Gasteiger partial charge in [0.25, 0.3) is 5.56 Å². The maximum absolute atomic E-state index is 12.1. The molecule has 4 N–H and O–H groups in total. The number of azide groups is 1. The van der Waals surface area contributed by atoms with Crippen molar-refractivity contribution in [3.05, 3.63) is 43.5 Å². The standard InChI is InChI=1S/C14H21N6O8P/c1-7-8(2)14(18-19-15,6-27-29(25,26)17-9(3)12(22)23)28-11(7)20-5-4-10(21)16-13(20)24/h4-5,7-9,11H,6H2,1-3H3,(H,22,23)(H,16,21,24)(H2,17,25,26)/t7-,8+,9+,11-,14-/m1/s1. The molecule has 14 nitrogen and oxygen atoms in total. The second kappa shape index (κ2) is 8.49. The maximum Gasteiger partial charge on any atom is 0.403 e. The largest absolute Gasteiger partial charge is 0.480 e. The van der Waals surface area contributed by atoms with Crippen LogP contribution in [0.3, 0.4) is 0 Å². The van der Waals surface area contributed by atoms with Gasteiger partial charge in [0.15, 0.2) is 5.72 Å². The topological polar surface area (TPSA) is 209 Å². The molecule has 1 saturated heterocycles. The Morgan fingerprint density at radius 1 is 1.59 bits per heavy atom. The molecule has 29 heavy (non-hydrogen) atoms. The van der Waals surface area contributed by atoms with Crippen LogP contribution in [0.2, 0.25) is 0 Å². The predicted octanol–water partition coefficient (Wildman–Crippen LogP) is 0.524. The van der Waals surface area contributed by atoms with Gasteiger partial charge in [-0.1, -0.05) is 19.0 Å². The number of nitrogens with one attached hydrogen (secondary N) is 2. The van der Waals surface area contributed by atoms with E-state index < -0.39 is 61.4 Å². The lowest BCUT2D eigenvalue weighted by molar-refractivity contribution is -0.138. The molecule has 1 aromatic heterocycles. The van der Waals surface area contributed by atoms with Crippen molar-refractivity contribution < 1.29 is 28.6 Å². The average molecular weight is 432 g/mol. The van der Waals surface area contributed by atoms with Crippen LogP contribution in [0, 0.1) is 11.8 Å². The minimum absolute atomic E-state index is 0.434. The highest BCUT2D eigenvalue weighted by Crippen LogP contribution is 2.49. The number of ether oxygens (including phenoxy) is 1. The Kier molecular flexibility index (Phi) is 6.68. The monoisotopic (exact) mass is 432 g/mol. The van der Waals surface area contributed by atoms with Crippen molar-refractivity contribution in [2.75, 3.05) is 6.61 Å². The van der Waals surface area contributed by atoms with Crippen LogP contribution in [0.15, 0.2) is 27.0 Å². The van der Waals surface area contributed by atoms with Crippen molar-refractivity contribution >= 4 is 13.7 Å². The van der Waals surface area contributed by atoms with E-state index in [4.69, 9.17) is 19.9 Å². The van der Waals surface area contributed by atoms with Crippen LogP contribution in [-0.2, 0) is 18.6 Å². The van der Waals surface area contributed by atoms with Gasteiger partial charge in [0.1, 0.15) is 12.3 Å². The van der Waals surface area contributed by atoms with Gasteiger partial charge in [0.2, 0.25) is 0 Å². The molecule has 160 valence electrons. The Morgan fingerprint density at radius 2 is 2.24 bits per heavy atom. The van der Waals surface area contributed by atoms with Crippen molar-refractivity contribution in [3.8, 4) is 0 Å². The highest BCUT2D eigenvalue weighted by atomic mass is 31.2. The van der Waals surface area contributed by atoms with Crippen LogP contribution in [-0.4, -0.2) is 43.9 Å². The number of hydrogen-bond donors (Lipinski definition) is 4. The zero-order chi connectivity index (χ0) is 22.0. The number of carboxylic acid groups (broad SMARTS) is 1. The molecule has 1 aliphatic heterocycles. The third-order valence-electron chi connectivity index (χ3n) is 4.79. The molecule has 15 heteroatoms. The lowest BCUT2D eigenvalue weighted by Gasteiger charge is -2.29. The highest BCUT2D eigenvalue weighted by molar-refractivity contribution is 7.50. The Labute approximate surface area is 163 Å². The number of rotatable bonds is 8. The van der Waals surface area contributed by atoms with Crippen molar-refractivity contribution in [2.24, 2.45) is 17.0 Å². The van der Waals surface area contributed by atoms with Crippen molar-refractivity contribution in [1.82, 2.24) is 14.6 Å². The number of nitrogens with zero attached hydrogens (tertiary/aromatic N) is 4. The molecule has 2 rings (SSSR count). The molecule has 0 aromatic carbocycles. The minimum Gasteiger partial charge on any atom is -0.480 e. The first kappa shape index (κ1) is 22.8. The number of H-pyrrole nitrogens is 1. The summed E-state index contributed by atoms with van der Waals surface area (Å²) in [5.41, 5.74) is 5.86.